The van der Waals surface area contributed by atoms with Crippen LogP contribution in [0.4, 0.5) is 4.39 Å². The number of hydrogen-bond donors (Lipinski definition) is 2. The highest BCUT2D eigenvalue weighted by Crippen LogP contribution is 2.21. The van der Waals surface area contributed by atoms with Gasteiger partial charge in [-0.25, -0.2) is 4.39 Å². The Labute approximate surface area is 94.3 Å². The van der Waals surface area contributed by atoms with E-state index in [1.807, 2.05) is 0 Å². The average molecular weight is 225 g/mol. The minimum atomic E-state index is -1.54. The Bertz CT molecular complexity index is 340. The fourth-order valence-corrected chi connectivity index (χ4v) is 1.47. The topological polar surface area (TPSA) is 49.3 Å². The van der Waals surface area contributed by atoms with E-state index < -0.39 is 18.2 Å². The summed E-state index contributed by atoms with van der Waals surface area (Å²) in [5.74, 6) is -1.18. The van der Waals surface area contributed by atoms with E-state index in [9.17, 15) is 9.18 Å². The summed E-state index contributed by atoms with van der Waals surface area (Å²) in [4.78, 5) is 10.9. The highest BCUT2D eigenvalue weighted by Gasteiger charge is 2.29. The van der Waals surface area contributed by atoms with Crippen molar-refractivity contribution in [3.05, 3.63) is 35.9 Å². The summed E-state index contributed by atoms with van der Waals surface area (Å²) in [6, 6.07) is 7.03. The molecule has 0 aliphatic rings. The minimum Gasteiger partial charge on any atom is -0.480 e. The number of carbonyl (C=O) groups is 1. The zero-order valence-corrected chi connectivity index (χ0v) is 9.35. The van der Waals surface area contributed by atoms with E-state index in [1.54, 1.807) is 44.2 Å². The number of benzene rings is 1. The number of carboxylic acid groups (broad SMARTS) is 1. The van der Waals surface area contributed by atoms with Crippen molar-refractivity contribution in [1.29, 1.82) is 0 Å². The second-order valence-electron chi connectivity index (χ2n) is 3.95. The third-order valence-electron chi connectivity index (χ3n) is 2.19. The maximum absolute atomic E-state index is 14.0. The van der Waals surface area contributed by atoms with Crippen molar-refractivity contribution in [2.24, 2.45) is 0 Å². The van der Waals surface area contributed by atoms with Gasteiger partial charge in [0.05, 0.1) is 0 Å². The first-order valence-electron chi connectivity index (χ1n) is 5.20. The number of hydrogen-bond acceptors (Lipinski definition) is 2. The highest BCUT2D eigenvalue weighted by atomic mass is 19.1. The molecule has 0 aromatic heterocycles. The summed E-state index contributed by atoms with van der Waals surface area (Å²) >= 11 is 0. The van der Waals surface area contributed by atoms with Crippen molar-refractivity contribution in [1.82, 2.24) is 5.32 Å². The van der Waals surface area contributed by atoms with Crippen LogP contribution in [0.3, 0.4) is 0 Å². The standard InChI is InChI=1S/C12H16FNO2/c1-8(2)14-11(12(15)16)10(13)9-6-4-3-5-7-9/h3-8,10-11,14H,1-2H3,(H,15,16)/t10?,11-/m0/s1. The molecule has 1 rings (SSSR count). The number of alkyl halides is 1. The van der Waals surface area contributed by atoms with Crippen LogP contribution in [-0.4, -0.2) is 23.2 Å². The van der Waals surface area contributed by atoms with Crippen LogP contribution in [0.1, 0.15) is 25.6 Å². The Morgan fingerprint density at radius 3 is 2.31 bits per heavy atom. The molecule has 0 heterocycles. The number of aliphatic carboxylic acids is 1. The van der Waals surface area contributed by atoms with E-state index in [1.165, 1.54) is 0 Å². The van der Waals surface area contributed by atoms with E-state index in [0.717, 1.165) is 0 Å². The Kier molecular flexibility index (Phi) is 4.43. The van der Waals surface area contributed by atoms with E-state index in [2.05, 4.69) is 5.32 Å². The first-order valence-corrected chi connectivity index (χ1v) is 5.20. The fourth-order valence-electron chi connectivity index (χ4n) is 1.47. The average Bonchev–Trinajstić information content (AvgIpc) is 2.25. The van der Waals surface area contributed by atoms with Crippen LogP contribution < -0.4 is 5.32 Å². The van der Waals surface area contributed by atoms with Gasteiger partial charge in [0, 0.05) is 6.04 Å². The first kappa shape index (κ1) is 12.6. The van der Waals surface area contributed by atoms with Crippen LogP contribution in [0.15, 0.2) is 30.3 Å². The van der Waals surface area contributed by atoms with Crippen molar-refractivity contribution < 1.29 is 14.3 Å². The molecule has 3 nitrogen and oxygen atoms in total. The van der Waals surface area contributed by atoms with Gasteiger partial charge >= 0.3 is 5.97 Å². The lowest BCUT2D eigenvalue weighted by Gasteiger charge is -2.21. The molecule has 0 fully saturated rings. The van der Waals surface area contributed by atoms with E-state index >= 15 is 0 Å². The summed E-state index contributed by atoms with van der Waals surface area (Å²) < 4.78 is 14.0. The molecular weight excluding hydrogens is 209 g/mol. The Balaban J connectivity index is 2.83. The smallest absolute Gasteiger partial charge is 0.324 e. The number of rotatable bonds is 5. The molecule has 1 aromatic rings. The molecule has 1 aromatic carbocycles. The summed E-state index contributed by atoms with van der Waals surface area (Å²) in [6.07, 6.45) is -1.54. The Morgan fingerprint density at radius 2 is 1.88 bits per heavy atom. The molecule has 2 N–H and O–H groups in total. The number of carboxylic acids is 1. The van der Waals surface area contributed by atoms with Gasteiger partial charge in [0.1, 0.15) is 6.04 Å². The van der Waals surface area contributed by atoms with Crippen LogP contribution in [0.5, 0.6) is 0 Å². The fraction of sp³-hybridized carbons (Fsp3) is 0.417. The molecule has 0 saturated carbocycles. The molecule has 0 spiro atoms. The Morgan fingerprint density at radius 1 is 1.31 bits per heavy atom. The van der Waals surface area contributed by atoms with Gasteiger partial charge in [0.2, 0.25) is 0 Å². The number of nitrogens with one attached hydrogen (secondary N) is 1. The summed E-state index contributed by atoms with van der Waals surface area (Å²) in [7, 11) is 0. The second kappa shape index (κ2) is 5.61. The third kappa shape index (κ3) is 3.31. The van der Waals surface area contributed by atoms with Gasteiger partial charge in [-0.3, -0.25) is 10.1 Å². The first-order chi connectivity index (χ1) is 7.52. The van der Waals surface area contributed by atoms with Gasteiger partial charge in [0.15, 0.2) is 6.17 Å². The monoisotopic (exact) mass is 225 g/mol. The van der Waals surface area contributed by atoms with Crippen LogP contribution in [0.25, 0.3) is 0 Å². The zero-order valence-electron chi connectivity index (χ0n) is 9.35. The lowest BCUT2D eigenvalue weighted by atomic mass is 10.0. The molecule has 4 heteroatoms. The van der Waals surface area contributed by atoms with Gasteiger partial charge in [-0.1, -0.05) is 44.2 Å². The summed E-state index contributed by atoms with van der Waals surface area (Å²) in [5.41, 5.74) is 0.378. The molecule has 0 radical (unpaired) electrons. The minimum absolute atomic E-state index is 0.0805. The third-order valence-corrected chi connectivity index (χ3v) is 2.19. The van der Waals surface area contributed by atoms with E-state index in [0.29, 0.717) is 5.56 Å². The molecule has 0 amide bonds. The van der Waals surface area contributed by atoms with Crippen molar-refractivity contribution in [2.45, 2.75) is 32.1 Å². The zero-order chi connectivity index (χ0) is 12.1. The van der Waals surface area contributed by atoms with Crippen LogP contribution in [0.2, 0.25) is 0 Å². The van der Waals surface area contributed by atoms with Crippen LogP contribution in [0, 0.1) is 0 Å². The molecule has 0 aliphatic carbocycles. The lowest BCUT2D eigenvalue weighted by Crippen LogP contribution is -2.43. The molecule has 2 atom stereocenters. The van der Waals surface area contributed by atoms with Crippen LogP contribution >= 0.6 is 0 Å². The van der Waals surface area contributed by atoms with Crippen LogP contribution in [-0.2, 0) is 4.79 Å². The van der Waals surface area contributed by atoms with Crippen molar-refractivity contribution in [3.8, 4) is 0 Å². The molecule has 1 unspecified atom stereocenters. The second-order valence-corrected chi connectivity index (χ2v) is 3.95. The highest BCUT2D eigenvalue weighted by molar-refractivity contribution is 5.74. The maximum atomic E-state index is 14.0. The van der Waals surface area contributed by atoms with Crippen molar-refractivity contribution >= 4 is 5.97 Å². The van der Waals surface area contributed by atoms with E-state index in [4.69, 9.17) is 5.11 Å². The van der Waals surface area contributed by atoms with Crippen molar-refractivity contribution in [3.63, 3.8) is 0 Å². The molecule has 88 valence electrons. The molecule has 0 bridgehead atoms. The molecule has 0 aliphatic heterocycles. The largest absolute Gasteiger partial charge is 0.480 e. The van der Waals surface area contributed by atoms with Crippen molar-refractivity contribution in [2.75, 3.05) is 0 Å². The van der Waals surface area contributed by atoms with Gasteiger partial charge in [0.25, 0.3) is 0 Å². The Hall–Kier alpha value is -1.42. The quantitative estimate of drug-likeness (QED) is 0.807. The van der Waals surface area contributed by atoms with E-state index in [-0.39, 0.29) is 6.04 Å². The molecule has 0 saturated heterocycles. The predicted molar refractivity (Wildman–Crippen MR) is 60.0 cm³/mol. The lowest BCUT2D eigenvalue weighted by molar-refractivity contribution is -0.141. The van der Waals surface area contributed by atoms with Gasteiger partial charge < -0.3 is 5.11 Å². The predicted octanol–water partition coefficient (Wildman–Crippen LogP) is 2.15. The molecular formula is C12H16FNO2. The summed E-state index contributed by atoms with van der Waals surface area (Å²) in [5, 5.41) is 11.7. The number of halogens is 1. The van der Waals surface area contributed by atoms with Gasteiger partial charge in [-0.2, -0.15) is 0 Å². The van der Waals surface area contributed by atoms with Gasteiger partial charge in [-0.15, -0.1) is 0 Å². The maximum Gasteiger partial charge on any atom is 0.324 e. The van der Waals surface area contributed by atoms with Gasteiger partial charge in [-0.05, 0) is 5.56 Å². The SMILES string of the molecule is CC(C)N[C@H](C(=O)O)C(F)c1ccccc1. The normalized spacial score (nSPS) is 14.8. The summed E-state index contributed by atoms with van der Waals surface area (Å²) in [6.45, 7) is 3.57. The molecule has 16 heavy (non-hydrogen) atoms.